The average molecular weight is 366 g/mol. The topological polar surface area (TPSA) is 60.0 Å². The molecule has 1 heterocycles. The van der Waals surface area contributed by atoms with E-state index in [1.54, 1.807) is 27.4 Å². The van der Waals surface area contributed by atoms with E-state index in [1.165, 1.54) is 11.3 Å². The van der Waals surface area contributed by atoms with Gasteiger partial charge < -0.3 is 19.5 Å². The number of carbonyl (C=O) groups is 1. The van der Waals surface area contributed by atoms with Crippen molar-refractivity contribution in [2.45, 2.75) is 26.9 Å². The first kappa shape index (κ1) is 19.3. The van der Waals surface area contributed by atoms with Gasteiger partial charge in [0.15, 0.2) is 5.75 Å². The van der Waals surface area contributed by atoms with Crippen LogP contribution >= 0.6 is 11.3 Å². The Morgan fingerprint density at radius 2 is 1.84 bits per heavy atom. The lowest BCUT2D eigenvalue weighted by molar-refractivity contribution is 0.0876. The molecule has 0 fully saturated rings. The van der Waals surface area contributed by atoms with E-state index in [-0.39, 0.29) is 12.1 Å². The quantitative estimate of drug-likeness (QED) is 0.726. The van der Waals surface area contributed by atoms with Crippen LogP contribution in [-0.4, -0.2) is 51.4 Å². The van der Waals surface area contributed by atoms with Crippen molar-refractivity contribution in [2.24, 2.45) is 0 Å². The summed E-state index contributed by atoms with van der Waals surface area (Å²) in [5, 5.41) is 3.85. The largest absolute Gasteiger partial charge is 0.497 e. The number of hydrogen-bond donors (Lipinski definition) is 1. The Kier molecular flexibility index (Phi) is 6.50. The number of hydrogen-bond acceptors (Lipinski definition) is 6. The molecule has 1 atom stereocenters. The van der Waals surface area contributed by atoms with Crippen LogP contribution < -0.4 is 19.5 Å². The predicted octanol–water partition coefficient (Wildman–Crippen LogP) is 3.34. The van der Waals surface area contributed by atoms with E-state index in [2.05, 4.69) is 24.1 Å². The zero-order valence-corrected chi connectivity index (χ0v) is 16.5. The van der Waals surface area contributed by atoms with Crippen LogP contribution in [0.15, 0.2) is 12.1 Å². The Morgan fingerprint density at radius 3 is 2.36 bits per heavy atom. The fraction of sp³-hybridized carbons (Fsp3) is 0.500. The monoisotopic (exact) mass is 366 g/mol. The summed E-state index contributed by atoms with van der Waals surface area (Å²) < 4.78 is 17.2. The van der Waals surface area contributed by atoms with Crippen LogP contribution in [0.5, 0.6) is 17.2 Å². The normalized spacial score (nSPS) is 12.3. The van der Waals surface area contributed by atoms with Gasteiger partial charge in [-0.15, -0.1) is 11.3 Å². The first-order chi connectivity index (χ1) is 12.0. The molecule has 0 saturated carbocycles. The van der Waals surface area contributed by atoms with E-state index < -0.39 is 0 Å². The molecule has 2 rings (SSSR count). The van der Waals surface area contributed by atoms with Crippen molar-refractivity contribution in [3.63, 3.8) is 0 Å². The van der Waals surface area contributed by atoms with Crippen LogP contribution in [0.4, 0.5) is 0 Å². The molecule has 0 spiro atoms. The van der Waals surface area contributed by atoms with E-state index in [4.69, 9.17) is 14.2 Å². The number of benzene rings is 1. The molecule has 2 aromatic rings. The molecule has 0 bridgehead atoms. The summed E-state index contributed by atoms with van der Waals surface area (Å²) in [7, 11) is 4.76. The lowest BCUT2D eigenvalue weighted by atomic mass is 10.2. The second-order valence-corrected chi connectivity index (χ2v) is 6.56. The zero-order chi connectivity index (χ0) is 18.6. The first-order valence-electron chi connectivity index (χ1n) is 8.28. The smallest absolute Gasteiger partial charge is 0.266 e. The van der Waals surface area contributed by atoms with Crippen LogP contribution in [0.1, 0.15) is 30.4 Å². The Balaban J connectivity index is 2.45. The van der Waals surface area contributed by atoms with Gasteiger partial charge in [-0.3, -0.25) is 9.69 Å². The van der Waals surface area contributed by atoms with Gasteiger partial charge in [-0.05, 0) is 26.1 Å². The van der Waals surface area contributed by atoms with E-state index in [0.29, 0.717) is 22.1 Å². The highest BCUT2D eigenvalue weighted by Crippen LogP contribution is 2.44. The number of fused-ring (bicyclic) bond motifs is 1. The summed E-state index contributed by atoms with van der Waals surface area (Å²) in [5.74, 6) is 1.71. The van der Waals surface area contributed by atoms with Crippen molar-refractivity contribution in [3.8, 4) is 17.2 Å². The Hall–Kier alpha value is -1.99. The van der Waals surface area contributed by atoms with Crippen molar-refractivity contribution in [3.05, 3.63) is 17.0 Å². The van der Waals surface area contributed by atoms with Crippen LogP contribution in [0, 0.1) is 0 Å². The Morgan fingerprint density at radius 1 is 1.16 bits per heavy atom. The fourth-order valence-electron chi connectivity index (χ4n) is 2.86. The van der Waals surface area contributed by atoms with Gasteiger partial charge in [0, 0.05) is 11.5 Å². The number of thiophene rings is 1. The third-order valence-corrected chi connectivity index (χ3v) is 5.45. The highest BCUT2D eigenvalue weighted by molar-refractivity contribution is 7.21. The maximum atomic E-state index is 12.8. The molecular formula is C18H26N2O4S. The molecule has 6 nitrogen and oxygen atoms in total. The van der Waals surface area contributed by atoms with Gasteiger partial charge in [-0.1, -0.05) is 13.8 Å². The number of rotatable bonds is 8. The standard InChI is InChI=1S/C18H26N2O4S/c1-7-20(8-2)11(3)19-18(21)17-15(24-6)13-9-12(22-4)10-14(23-5)16(13)25-17/h9-11H,7-8H2,1-6H3,(H,19,21). The molecular weight excluding hydrogens is 340 g/mol. The summed E-state index contributed by atoms with van der Waals surface area (Å²) in [5.41, 5.74) is 0. The first-order valence-corrected chi connectivity index (χ1v) is 9.09. The van der Waals surface area contributed by atoms with Crippen LogP contribution in [0.3, 0.4) is 0 Å². The highest BCUT2D eigenvalue weighted by atomic mass is 32.1. The predicted molar refractivity (Wildman–Crippen MR) is 101 cm³/mol. The molecule has 0 saturated heterocycles. The van der Waals surface area contributed by atoms with Gasteiger partial charge in [0.2, 0.25) is 0 Å². The third kappa shape index (κ3) is 3.82. The molecule has 1 aromatic heterocycles. The summed E-state index contributed by atoms with van der Waals surface area (Å²) >= 11 is 1.36. The number of methoxy groups -OCH3 is 3. The van der Waals surface area contributed by atoms with Crippen molar-refractivity contribution in [2.75, 3.05) is 34.4 Å². The maximum absolute atomic E-state index is 12.8. The highest BCUT2D eigenvalue weighted by Gasteiger charge is 2.24. The van der Waals surface area contributed by atoms with Gasteiger partial charge in [-0.2, -0.15) is 0 Å². The number of nitrogens with zero attached hydrogens (tertiary/aromatic N) is 1. The number of nitrogens with one attached hydrogen (secondary N) is 1. The van der Waals surface area contributed by atoms with Gasteiger partial charge >= 0.3 is 0 Å². The Bertz CT molecular complexity index is 740. The second kappa shape index (κ2) is 8.40. The SMILES string of the molecule is CCN(CC)C(C)NC(=O)c1sc2c(OC)cc(OC)cc2c1OC. The van der Waals surface area contributed by atoms with Gasteiger partial charge in [0.25, 0.3) is 5.91 Å². The van der Waals surface area contributed by atoms with Gasteiger partial charge in [-0.25, -0.2) is 0 Å². The third-order valence-electron chi connectivity index (χ3n) is 4.25. The fourth-order valence-corrected chi connectivity index (χ4v) is 4.01. The molecule has 0 radical (unpaired) electrons. The number of ether oxygens (including phenoxy) is 3. The number of amides is 1. The summed E-state index contributed by atoms with van der Waals surface area (Å²) in [4.78, 5) is 15.5. The van der Waals surface area contributed by atoms with Gasteiger partial charge in [0.05, 0.1) is 32.2 Å². The molecule has 7 heteroatoms. The minimum Gasteiger partial charge on any atom is -0.497 e. The number of carbonyl (C=O) groups excluding carboxylic acids is 1. The summed E-state index contributed by atoms with van der Waals surface area (Å²) in [6.07, 6.45) is -0.0612. The molecule has 1 N–H and O–H groups in total. The van der Waals surface area contributed by atoms with Crippen molar-refractivity contribution >= 4 is 27.3 Å². The minimum absolute atomic E-state index is 0.0612. The molecule has 0 aliphatic heterocycles. The molecule has 1 aromatic carbocycles. The summed E-state index contributed by atoms with van der Waals surface area (Å²) in [6, 6.07) is 3.66. The van der Waals surface area contributed by atoms with Gasteiger partial charge in [0.1, 0.15) is 16.4 Å². The molecule has 25 heavy (non-hydrogen) atoms. The molecule has 1 amide bonds. The van der Waals surface area contributed by atoms with Crippen molar-refractivity contribution in [1.82, 2.24) is 10.2 Å². The molecule has 0 aliphatic carbocycles. The van der Waals surface area contributed by atoms with Crippen molar-refractivity contribution in [1.29, 1.82) is 0 Å². The van der Waals surface area contributed by atoms with E-state index in [9.17, 15) is 4.79 Å². The second-order valence-electron chi connectivity index (χ2n) is 5.54. The zero-order valence-electron chi connectivity index (χ0n) is 15.6. The van der Waals surface area contributed by atoms with Crippen molar-refractivity contribution < 1.29 is 19.0 Å². The van der Waals surface area contributed by atoms with E-state index >= 15 is 0 Å². The maximum Gasteiger partial charge on any atom is 0.266 e. The summed E-state index contributed by atoms with van der Waals surface area (Å²) in [6.45, 7) is 7.86. The van der Waals surface area contributed by atoms with Crippen LogP contribution in [0.25, 0.3) is 10.1 Å². The lowest BCUT2D eigenvalue weighted by Crippen LogP contribution is -2.45. The van der Waals surface area contributed by atoms with Crippen LogP contribution in [0.2, 0.25) is 0 Å². The van der Waals surface area contributed by atoms with E-state index in [0.717, 1.165) is 23.2 Å². The van der Waals surface area contributed by atoms with E-state index in [1.807, 2.05) is 13.0 Å². The molecule has 138 valence electrons. The lowest BCUT2D eigenvalue weighted by Gasteiger charge is -2.26. The Labute approximate surface area is 152 Å². The average Bonchev–Trinajstić information content (AvgIpc) is 3.00. The van der Waals surface area contributed by atoms with Crippen LogP contribution in [-0.2, 0) is 0 Å². The molecule has 0 aliphatic rings. The molecule has 1 unspecified atom stereocenters. The minimum atomic E-state index is -0.154.